The molecule has 0 aliphatic heterocycles. The van der Waals surface area contributed by atoms with Gasteiger partial charge in [0.15, 0.2) is 0 Å². The van der Waals surface area contributed by atoms with Gasteiger partial charge in [-0.05, 0) is 30.5 Å². The molecule has 62 valence electrons. The summed E-state index contributed by atoms with van der Waals surface area (Å²) in [6.45, 7) is 0.656. The van der Waals surface area contributed by atoms with E-state index in [0.717, 1.165) is 12.0 Å². The van der Waals surface area contributed by atoms with Crippen LogP contribution in [0, 0.1) is 5.92 Å². The fourth-order valence-corrected chi connectivity index (χ4v) is 0.965. The molecule has 1 aromatic rings. The molecule has 0 fully saturated rings. The summed E-state index contributed by atoms with van der Waals surface area (Å²) in [4.78, 5) is 0. The molecule has 0 bridgehead atoms. The summed E-state index contributed by atoms with van der Waals surface area (Å²) in [6.07, 6.45) is 4.10. The standard InChI is InChI=1S/C8H13NO2/c9-4-8(5-10)3-7-1-2-11-6-7/h1-2,6,8,10H,3-5,9H2. The number of aliphatic hydroxyl groups excluding tert-OH is 1. The van der Waals surface area contributed by atoms with Crippen molar-refractivity contribution >= 4 is 0 Å². The zero-order valence-electron chi connectivity index (χ0n) is 6.36. The predicted molar refractivity (Wildman–Crippen MR) is 42.0 cm³/mol. The summed E-state index contributed by atoms with van der Waals surface area (Å²) >= 11 is 0. The van der Waals surface area contributed by atoms with E-state index in [2.05, 4.69) is 0 Å². The summed E-state index contributed by atoms with van der Waals surface area (Å²) in [5, 5.41) is 8.81. The first-order valence-corrected chi connectivity index (χ1v) is 3.68. The van der Waals surface area contributed by atoms with Gasteiger partial charge in [0.25, 0.3) is 0 Å². The number of rotatable bonds is 4. The van der Waals surface area contributed by atoms with E-state index in [1.807, 2.05) is 6.07 Å². The lowest BCUT2D eigenvalue weighted by molar-refractivity contribution is 0.229. The summed E-state index contributed by atoms with van der Waals surface area (Å²) in [6, 6.07) is 1.89. The number of aliphatic hydroxyl groups is 1. The third-order valence-corrected chi connectivity index (χ3v) is 1.70. The van der Waals surface area contributed by atoms with Gasteiger partial charge in [-0.1, -0.05) is 0 Å². The Morgan fingerprint density at radius 3 is 2.91 bits per heavy atom. The van der Waals surface area contributed by atoms with E-state index in [9.17, 15) is 0 Å². The van der Waals surface area contributed by atoms with Gasteiger partial charge in [0.2, 0.25) is 0 Å². The number of furan rings is 1. The van der Waals surface area contributed by atoms with Crippen LogP contribution >= 0.6 is 0 Å². The minimum absolute atomic E-state index is 0.141. The molecule has 3 heteroatoms. The summed E-state index contributed by atoms with van der Waals surface area (Å²) < 4.78 is 4.88. The normalized spacial score (nSPS) is 13.3. The highest BCUT2D eigenvalue weighted by Crippen LogP contribution is 2.07. The van der Waals surface area contributed by atoms with Gasteiger partial charge in [0, 0.05) is 6.61 Å². The number of hydrogen-bond donors (Lipinski definition) is 2. The van der Waals surface area contributed by atoms with Crippen LogP contribution in [0.2, 0.25) is 0 Å². The van der Waals surface area contributed by atoms with Gasteiger partial charge in [-0.2, -0.15) is 0 Å². The van der Waals surface area contributed by atoms with E-state index in [1.54, 1.807) is 12.5 Å². The van der Waals surface area contributed by atoms with Gasteiger partial charge in [-0.25, -0.2) is 0 Å². The van der Waals surface area contributed by atoms with Gasteiger partial charge in [-0.15, -0.1) is 0 Å². The Kier molecular flexibility index (Phi) is 3.14. The van der Waals surface area contributed by atoms with Crippen LogP contribution in [-0.2, 0) is 6.42 Å². The van der Waals surface area contributed by atoms with E-state index in [-0.39, 0.29) is 12.5 Å². The smallest absolute Gasteiger partial charge is 0.0934 e. The molecule has 1 atom stereocenters. The quantitative estimate of drug-likeness (QED) is 0.661. The molecular weight excluding hydrogens is 142 g/mol. The molecule has 3 nitrogen and oxygen atoms in total. The molecule has 0 radical (unpaired) electrons. The molecule has 1 unspecified atom stereocenters. The Morgan fingerprint density at radius 1 is 1.64 bits per heavy atom. The van der Waals surface area contributed by atoms with Gasteiger partial charge < -0.3 is 15.3 Å². The fourth-order valence-electron chi connectivity index (χ4n) is 0.965. The number of hydrogen-bond acceptors (Lipinski definition) is 3. The monoisotopic (exact) mass is 155 g/mol. The van der Waals surface area contributed by atoms with Crippen LogP contribution < -0.4 is 5.73 Å². The van der Waals surface area contributed by atoms with Crippen LogP contribution in [0.4, 0.5) is 0 Å². The topological polar surface area (TPSA) is 59.4 Å². The molecular formula is C8H13NO2. The van der Waals surface area contributed by atoms with Crippen LogP contribution in [0.3, 0.4) is 0 Å². The molecule has 0 saturated heterocycles. The maximum absolute atomic E-state index is 8.81. The predicted octanol–water partition coefficient (Wildman–Crippen LogP) is 0.389. The zero-order valence-corrected chi connectivity index (χ0v) is 6.36. The van der Waals surface area contributed by atoms with E-state index in [4.69, 9.17) is 15.3 Å². The lowest BCUT2D eigenvalue weighted by atomic mass is 10.0. The van der Waals surface area contributed by atoms with Crippen molar-refractivity contribution in [2.45, 2.75) is 6.42 Å². The third-order valence-electron chi connectivity index (χ3n) is 1.70. The van der Waals surface area contributed by atoms with Crippen molar-refractivity contribution in [2.75, 3.05) is 13.2 Å². The molecule has 0 aliphatic rings. The number of nitrogens with two attached hydrogens (primary N) is 1. The van der Waals surface area contributed by atoms with Gasteiger partial charge in [0.1, 0.15) is 0 Å². The van der Waals surface area contributed by atoms with Crippen LogP contribution in [0.1, 0.15) is 5.56 Å². The SMILES string of the molecule is NCC(CO)Cc1ccoc1. The Labute approximate surface area is 65.8 Å². The van der Waals surface area contributed by atoms with Gasteiger partial charge in [-0.3, -0.25) is 0 Å². The van der Waals surface area contributed by atoms with Crippen molar-refractivity contribution in [2.24, 2.45) is 11.7 Å². The second kappa shape index (κ2) is 4.16. The van der Waals surface area contributed by atoms with Crippen LogP contribution in [0.25, 0.3) is 0 Å². The van der Waals surface area contributed by atoms with Crippen molar-refractivity contribution in [3.8, 4) is 0 Å². The Balaban J connectivity index is 2.41. The van der Waals surface area contributed by atoms with E-state index < -0.39 is 0 Å². The van der Waals surface area contributed by atoms with Gasteiger partial charge in [0.05, 0.1) is 12.5 Å². The second-order valence-electron chi connectivity index (χ2n) is 2.62. The fraction of sp³-hybridized carbons (Fsp3) is 0.500. The maximum Gasteiger partial charge on any atom is 0.0934 e. The first-order chi connectivity index (χ1) is 5.36. The maximum atomic E-state index is 8.81. The van der Waals surface area contributed by atoms with Crippen LogP contribution in [-0.4, -0.2) is 18.3 Å². The first kappa shape index (κ1) is 8.30. The van der Waals surface area contributed by atoms with Crippen LogP contribution in [0.15, 0.2) is 23.0 Å². The Bertz CT molecular complexity index is 180. The summed E-state index contributed by atoms with van der Waals surface area (Å²) in [7, 11) is 0. The van der Waals surface area contributed by atoms with E-state index in [1.165, 1.54) is 0 Å². The second-order valence-corrected chi connectivity index (χ2v) is 2.62. The van der Waals surface area contributed by atoms with Crippen molar-refractivity contribution in [3.05, 3.63) is 24.2 Å². The Hall–Kier alpha value is -0.800. The summed E-state index contributed by atoms with van der Waals surface area (Å²) in [5.74, 6) is 0.160. The van der Waals surface area contributed by atoms with Crippen LogP contribution in [0.5, 0.6) is 0 Å². The van der Waals surface area contributed by atoms with E-state index >= 15 is 0 Å². The Morgan fingerprint density at radius 2 is 2.45 bits per heavy atom. The highest BCUT2D eigenvalue weighted by molar-refractivity contribution is 5.06. The lowest BCUT2D eigenvalue weighted by Crippen LogP contribution is -2.20. The molecule has 1 heterocycles. The highest BCUT2D eigenvalue weighted by Gasteiger charge is 2.06. The molecule has 0 aliphatic carbocycles. The molecule has 11 heavy (non-hydrogen) atoms. The third kappa shape index (κ3) is 2.37. The molecule has 0 saturated carbocycles. The molecule has 1 aromatic heterocycles. The minimum Gasteiger partial charge on any atom is -0.472 e. The molecule has 0 amide bonds. The molecule has 0 spiro atoms. The van der Waals surface area contributed by atoms with Crippen molar-refractivity contribution in [1.29, 1.82) is 0 Å². The largest absolute Gasteiger partial charge is 0.472 e. The lowest BCUT2D eigenvalue weighted by Gasteiger charge is -2.08. The minimum atomic E-state index is 0.141. The average Bonchev–Trinajstić information content (AvgIpc) is 2.52. The van der Waals surface area contributed by atoms with E-state index in [0.29, 0.717) is 6.54 Å². The van der Waals surface area contributed by atoms with Crippen molar-refractivity contribution in [3.63, 3.8) is 0 Å². The summed E-state index contributed by atoms with van der Waals surface area (Å²) in [5.41, 5.74) is 6.50. The molecule has 3 N–H and O–H groups in total. The molecule has 1 rings (SSSR count). The highest BCUT2D eigenvalue weighted by atomic mass is 16.3. The first-order valence-electron chi connectivity index (χ1n) is 3.68. The zero-order chi connectivity index (χ0) is 8.10. The van der Waals surface area contributed by atoms with Crippen molar-refractivity contribution < 1.29 is 9.52 Å². The van der Waals surface area contributed by atoms with Gasteiger partial charge >= 0.3 is 0 Å². The molecule has 0 aromatic carbocycles. The average molecular weight is 155 g/mol. The van der Waals surface area contributed by atoms with Crippen molar-refractivity contribution in [1.82, 2.24) is 0 Å².